The van der Waals surface area contributed by atoms with E-state index in [4.69, 9.17) is 11.6 Å². The minimum absolute atomic E-state index is 0.0370. The Bertz CT molecular complexity index is 578. The summed E-state index contributed by atoms with van der Waals surface area (Å²) >= 11 is 6.88. The van der Waals surface area contributed by atoms with E-state index in [-0.39, 0.29) is 18.1 Å². The van der Waals surface area contributed by atoms with Gasteiger partial charge in [0.2, 0.25) is 0 Å². The van der Waals surface area contributed by atoms with Crippen LogP contribution in [-0.4, -0.2) is 20.5 Å². The molecule has 0 unspecified atom stereocenters. The molecule has 2 heterocycles. The maximum Gasteiger partial charge on any atom is 0.389 e. The summed E-state index contributed by atoms with van der Waals surface area (Å²) in [6.07, 6.45) is 1.39. The summed E-state index contributed by atoms with van der Waals surface area (Å²) in [6, 6.07) is 4.49. The van der Waals surface area contributed by atoms with Gasteiger partial charge in [-0.05, 0) is 17.1 Å². The summed E-state index contributed by atoms with van der Waals surface area (Å²) in [4.78, 5) is 22.0. The van der Waals surface area contributed by atoms with Gasteiger partial charge in [0, 0.05) is 0 Å². The number of ketones is 1. The molecule has 0 bridgehead atoms. The van der Waals surface area contributed by atoms with E-state index in [0.717, 1.165) is 0 Å². The molecule has 0 amide bonds. The van der Waals surface area contributed by atoms with Gasteiger partial charge in [-0.1, -0.05) is 11.6 Å². The van der Waals surface area contributed by atoms with Gasteiger partial charge in [-0.25, -0.2) is 0 Å². The van der Waals surface area contributed by atoms with Crippen LogP contribution in [0, 0.1) is 10.1 Å². The lowest BCUT2D eigenvalue weighted by molar-refractivity contribution is -0.389. The lowest BCUT2D eigenvalue weighted by Gasteiger charge is -1.93. The van der Waals surface area contributed by atoms with Crippen LogP contribution in [-0.2, 0) is 6.54 Å². The van der Waals surface area contributed by atoms with E-state index in [1.807, 2.05) is 0 Å². The van der Waals surface area contributed by atoms with Crippen molar-refractivity contribution in [1.82, 2.24) is 9.78 Å². The molecule has 0 spiro atoms. The Balaban J connectivity index is 2.10. The second-order valence-corrected chi connectivity index (χ2v) is 4.87. The third kappa shape index (κ3) is 2.69. The fraction of sp³-hybridized carbons (Fsp3) is 0.111. The number of Topliss-reactive ketones (excluding diaryl/α,β-unsaturated/α-hetero) is 1. The summed E-state index contributed by atoms with van der Waals surface area (Å²) in [5.74, 6) is -0.457. The summed E-state index contributed by atoms with van der Waals surface area (Å²) in [7, 11) is 0. The molecule has 88 valence electrons. The highest BCUT2D eigenvalue weighted by Gasteiger charge is 2.15. The van der Waals surface area contributed by atoms with E-state index >= 15 is 0 Å². The maximum atomic E-state index is 11.7. The fourth-order valence-electron chi connectivity index (χ4n) is 1.23. The van der Waals surface area contributed by atoms with Crippen LogP contribution < -0.4 is 0 Å². The SMILES string of the molecule is O=C(Cn1ccc([N+](=O)[O-])n1)c1ccc(Cl)s1. The molecular formula is C9H6ClN3O3S. The molecule has 0 radical (unpaired) electrons. The number of carbonyl (C=O) groups excluding carboxylic acids is 1. The van der Waals surface area contributed by atoms with Crippen molar-refractivity contribution in [2.45, 2.75) is 6.54 Å². The van der Waals surface area contributed by atoms with Crippen LogP contribution in [0.2, 0.25) is 4.34 Å². The first-order valence-corrected chi connectivity index (χ1v) is 5.72. The Labute approximate surface area is 105 Å². The number of hydrogen-bond acceptors (Lipinski definition) is 5. The number of thiophene rings is 1. The third-order valence-corrected chi connectivity index (χ3v) is 3.24. The van der Waals surface area contributed by atoms with Crippen molar-refractivity contribution < 1.29 is 9.72 Å². The quantitative estimate of drug-likeness (QED) is 0.486. The van der Waals surface area contributed by atoms with E-state index in [1.54, 1.807) is 12.1 Å². The Morgan fingerprint density at radius 2 is 2.29 bits per heavy atom. The van der Waals surface area contributed by atoms with Gasteiger partial charge in [-0.3, -0.25) is 4.79 Å². The normalized spacial score (nSPS) is 10.4. The predicted molar refractivity (Wildman–Crippen MR) is 62.5 cm³/mol. The van der Waals surface area contributed by atoms with Gasteiger partial charge in [-0.15, -0.1) is 11.3 Å². The highest BCUT2D eigenvalue weighted by atomic mass is 35.5. The summed E-state index contributed by atoms with van der Waals surface area (Å²) < 4.78 is 1.76. The minimum Gasteiger partial charge on any atom is -0.358 e. The van der Waals surface area contributed by atoms with E-state index in [9.17, 15) is 14.9 Å². The predicted octanol–water partition coefficient (Wildman–Crippen LogP) is 2.39. The summed E-state index contributed by atoms with van der Waals surface area (Å²) in [5.41, 5.74) is 0. The molecule has 8 heteroatoms. The average Bonchev–Trinajstić information content (AvgIpc) is 2.86. The van der Waals surface area contributed by atoms with Gasteiger partial charge in [0.25, 0.3) is 0 Å². The highest BCUT2D eigenvalue weighted by Crippen LogP contribution is 2.22. The van der Waals surface area contributed by atoms with Crippen LogP contribution in [0.4, 0.5) is 5.82 Å². The van der Waals surface area contributed by atoms with Crippen LogP contribution in [0.5, 0.6) is 0 Å². The van der Waals surface area contributed by atoms with Crippen molar-refractivity contribution in [3.63, 3.8) is 0 Å². The molecule has 0 fully saturated rings. The number of carbonyl (C=O) groups is 1. The smallest absolute Gasteiger partial charge is 0.358 e. The van der Waals surface area contributed by atoms with E-state index < -0.39 is 4.92 Å². The molecule has 0 atom stereocenters. The molecule has 2 rings (SSSR count). The van der Waals surface area contributed by atoms with Gasteiger partial charge in [0.05, 0.1) is 26.6 Å². The summed E-state index contributed by atoms with van der Waals surface area (Å²) in [6.45, 7) is -0.0370. The number of nitrogens with zero attached hydrogens (tertiary/aromatic N) is 3. The average molecular weight is 272 g/mol. The van der Waals surface area contributed by atoms with Gasteiger partial charge in [-0.2, -0.15) is 4.68 Å². The van der Waals surface area contributed by atoms with Crippen molar-refractivity contribution in [2.75, 3.05) is 0 Å². The minimum atomic E-state index is -0.608. The Morgan fingerprint density at radius 3 is 2.82 bits per heavy atom. The largest absolute Gasteiger partial charge is 0.389 e. The standard InChI is InChI=1S/C9H6ClN3O3S/c10-8-2-1-7(17-8)6(14)5-12-4-3-9(11-12)13(15)16/h1-4H,5H2. The van der Waals surface area contributed by atoms with Gasteiger partial charge >= 0.3 is 5.82 Å². The summed E-state index contributed by atoms with van der Waals surface area (Å²) in [5, 5.41) is 14.1. The zero-order valence-corrected chi connectivity index (χ0v) is 9.94. The molecule has 2 aromatic heterocycles. The van der Waals surface area contributed by atoms with Crippen molar-refractivity contribution in [1.29, 1.82) is 0 Å². The van der Waals surface area contributed by atoms with Crippen LogP contribution in [0.15, 0.2) is 24.4 Å². The number of nitro groups is 1. The van der Waals surface area contributed by atoms with Gasteiger partial charge in [0.15, 0.2) is 5.78 Å². The maximum absolute atomic E-state index is 11.7. The molecule has 0 aliphatic carbocycles. The first-order valence-electron chi connectivity index (χ1n) is 4.52. The van der Waals surface area contributed by atoms with E-state index in [1.165, 1.54) is 28.3 Å². The third-order valence-electron chi connectivity index (χ3n) is 1.97. The van der Waals surface area contributed by atoms with Gasteiger partial charge < -0.3 is 10.1 Å². The molecule has 0 N–H and O–H groups in total. The molecule has 6 nitrogen and oxygen atoms in total. The molecule has 0 aliphatic rings. The highest BCUT2D eigenvalue weighted by molar-refractivity contribution is 7.18. The van der Waals surface area contributed by atoms with Crippen LogP contribution in [0.1, 0.15) is 9.67 Å². The lowest BCUT2D eigenvalue weighted by atomic mass is 10.3. The van der Waals surface area contributed by atoms with Crippen molar-refractivity contribution in [2.24, 2.45) is 0 Å². The van der Waals surface area contributed by atoms with Gasteiger partial charge in [0.1, 0.15) is 6.54 Å². The number of rotatable bonds is 4. The molecule has 2 aromatic rings. The Kier molecular flexibility index (Phi) is 3.21. The number of aromatic nitrogens is 2. The molecule has 0 aliphatic heterocycles. The van der Waals surface area contributed by atoms with Crippen molar-refractivity contribution in [3.05, 3.63) is 43.7 Å². The van der Waals surface area contributed by atoms with E-state index in [0.29, 0.717) is 9.21 Å². The van der Waals surface area contributed by atoms with Crippen LogP contribution in [0.3, 0.4) is 0 Å². The molecular weight excluding hydrogens is 266 g/mol. The fourth-order valence-corrected chi connectivity index (χ4v) is 2.20. The topological polar surface area (TPSA) is 78.0 Å². The zero-order chi connectivity index (χ0) is 12.4. The number of hydrogen-bond donors (Lipinski definition) is 0. The van der Waals surface area contributed by atoms with Crippen molar-refractivity contribution in [3.8, 4) is 0 Å². The Morgan fingerprint density at radius 1 is 1.53 bits per heavy atom. The first-order chi connectivity index (χ1) is 8.06. The monoisotopic (exact) mass is 271 g/mol. The second-order valence-electron chi connectivity index (χ2n) is 3.16. The molecule has 0 saturated carbocycles. The first kappa shape index (κ1) is 11.7. The number of halogens is 1. The lowest BCUT2D eigenvalue weighted by Crippen LogP contribution is -2.09. The molecule has 0 aromatic carbocycles. The second kappa shape index (κ2) is 4.64. The molecule has 0 saturated heterocycles. The van der Waals surface area contributed by atoms with Crippen LogP contribution >= 0.6 is 22.9 Å². The zero-order valence-electron chi connectivity index (χ0n) is 8.37. The molecule has 17 heavy (non-hydrogen) atoms. The van der Waals surface area contributed by atoms with E-state index in [2.05, 4.69) is 5.10 Å². The van der Waals surface area contributed by atoms with Crippen LogP contribution in [0.25, 0.3) is 0 Å². The van der Waals surface area contributed by atoms with Crippen molar-refractivity contribution >= 4 is 34.5 Å². The Hall–Kier alpha value is -1.73.